The Labute approximate surface area is 194 Å². The number of cyclic esters (lactones) is 4. The topological polar surface area (TPSA) is 86.7 Å². The Bertz CT molecular complexity index is 716. The van der Waals surface area contributed by atoms with Crippen molar-refractivity contribution in [2.24, 2.45) is 0 Å². The van der Waals surface area contributed by atoms with Crippen LogP contribution in [-0.2, 0) is 42.2 Å². The molecule has 147 valence electrons. The van der Waals surface area contributed by atoms with E-state index in [1.165, 1.54) is 14.8 Å². The van der Waals surface area contributed by atoms with E-state index in [1.807, 2.05) is 0 Å². The average Bonchev–Trinajstić information content (AvgIpc) is 3.29. The number of carbonyl (C=O) groups is 4. The van der Waals surface area contributed by atoms with E-state index >= 15 is 0 Å². The molecule has 2 aliphatic heterocycles. The van der Waals surface area contributed by atoms with Gasteiger partial charge in [0.25, 0.3) is 0 Å². The second-order valence-corrected chi connectivity index (χ2v) is 4.45. The summed E-state index contributed by atoms with van der Waals surface area (Å²) in [5, 5.41) is 0. The van der Waals surface area contributed by atoms with Crippen molar-refractivity contribution < 1.29 is 70.0 Å². The van der Waals surface area contributed by atoms with E-state index in [4.69, 9.17) is 8.68 Å². The maximum absolute atomic E-state index is 10.8. The second kappa shape index (κ2) is 12.3. The second-order valence-electron chi connectivity index (χ2n) is 4.45. The maximum Gasteiger partial charge on any atom is 0.346 e. The minimum atomic E-state index is -0.550. The van der Waals surface area contributed by atoms with Crippen LogP contribution in [0.25, 0.3) is 0 Å². The van der Waals surface area contributed by atoms with E-state index < -0.39 is 23.9 Å². The van der Waals surface area contributed by atoms with Crippen LogP contribution in [0.5, 0.6) is 0 Å². The maximum atomic E-state index is 10.8. The van der Waals surface area contributed by atoms with Gasteiger partial charge in [0.2, 0.25) is 0 Å². The fourth-order valence-corrected chi connectivity index (χ4v) is 2.07. The molecule has 0 N–H and O–H groups in total. The Morgan fingerprint density at radius 3 is 1.00 bits per heavy atom. The first-order valence-corrected chi connectivity index (χ1v) is 6.29. The Hall–Kier alpha value is -2.18. The van der Waals surface area contributed by atoms with Gasteiger partial charge in [0, 0.05) is 41.4 Å². The molecule has 0 aliphatic carbocycles. The first-order valence-electron chi connectivity index (χ1n) is 10.3. The monoisotopic (exact) mass is 457 g/mol. The van der Waals surface area contributed by atoms with Gasteiger partial charge >= 0.3 is 23.9 Å². The summed E-state index contributed by atoms with van der Waals surface area (Å²) in [6.45, 7) is 0. The summed E-state index contributed by atoms with van der Waals surface area (Å²) in [5.41, 5.74) is 1.44. The van der Waals surface area contributed by atoms with Crippen molar-refractivity contribution in [2.75, 3.05) is 0 Å². The molecule has 0 bridgehead atoms. The summed E-state index contributed by atoms with van der Waals surface area (Å²) >= 11 is 0. The quantitative estimate of drug-likeness (QED) is 0.325. The molecule has 4 rings (SSSR count). The summed E-state index contributed by atoms with van der Waals surface area (Å²) < 4.78 is 40.2. The van der Waals surface area contributed by atoms with Gasteiger partial charge in [-0.25, -0.2) is 19.2 Å². The van der Waals surface area contributed by atoms with Crippen LogP contribution in [0.4, 0.5) is 0 Å². The third-order valence-electron chi connectivity index (χ3n) is 3.10. The molecular formula is C20H26O6Y-2. The molecule has 7 heteroatoms. The molecule has 0 saturated carbocycles. The molecule has 0 aromatic heterocycles. The first kappa shape index (κ1) is 21.1. The van der Waals surface area contributed by atoms with Crippen molar-refractivity contribution in [3.05, 3.63) is 85.6 Å². The van der Waals surface area contributed by atoms with Crippen molar-refractivity contribution >= 4 is 23.9 Å². The Morgan fingerprint density at radius 1 is 0.630 bits per heavy atom. The minimum Gasteiger partial charge on any atom is -0.386 e. The van der Waals surface area contributed by atoms with Crippen LogP contribution in [0.2, 0.25) is 0 Å². The SMILES string of the molecule is O=C1OC(=O)c2ccccc21.O=C1OC(=O)c2ccccc21.[2H]C.[2H]C.[2H][2H].[2H][2H].[CH3-].[CH3-].[Y]. The number of benzene rings is 2. The molecular weight excluding hydrogens is 425 g/mol. The van der Waals surface area contributed by atoms with Crippen molar-refractivity contribution in [2.45, 2.75) is 14.8 Å². The summed E-state index contributed by atoms with van der Waals surface area (Å²) in [4.78, 5) is 43.3. The van der Waals surface area contributed by atoms with Gasteiger partial charge in [-0.05, 0) is 24.3 Å². The molecule has 0 fully saturated rings. The molecule has 2 aromatic carbocycles. The van der Waals surface area contributed by atoms with Gasteiger partial charge in [-0.1, -0.05) is 39.1 Å². The predicted molar refractivity (Wildman–Crippen MR) is 103 cm³/mol. The van der Waals surface area contributed by atoms with Crippen molar-refractivity contribution in [3.63, 3.8) is 0 Å². The van der Waals surface area contributed by atoms with Crippen LogP contribution in [0, 0.1) is 14.9 Å². The van der Waals surface area contributed by atoms with Crippen LogP contribution in [0.15, 0.2) is 48.5 Å². The third kappa shape index (κ3) is 5.91. The van der Waals surface area contributed by atoms with E-state index in [2.05, 4.69) is 9.47 Å². The van der Waals surface area contributed by atoms with E-state index in [0.717, 1.165) is 0 Å². The van der Waals surface area contributed by atoms with Crippen LogP contribution >= 0.6 is 0 Å². The smallest absolute Gasteiger partial charge is 0.346 e. The normalized spacial score (nSPS) is 13.0. The van der Waals surface area contributed by atoms with Gasteiger partial charge in [-0.3, -0.25) is 0 Å². The van der Waals surface area contributed by atoms with Gasteiger partial charge in [0.15, 0.2) is 0 Å². The molecule has 2 aromatic rings. The number of hydrogen-bond acceptors (Lipinski definition) is 6. The first-order chi connectivity index (χ1) is 14.6. The number of carbonyl (C=O) groups excluding carboxylic acids is 4. The molecule has 6 nitrogen and oxygen atoms in total. The third-order valence-corrected chi connectivity index (χ3v) is 3.10. The Balaban J connectivity index is -0.000000114. The van der Waals surface area contributed by atoms with Crippen LogP contribution in [-0.4, -0.2) is 23.9 Å². The number of fused-ring (bicyclic) bond motifs is 2. The van der Waals surface area contributed by atoms with Gasteiger partial charge in [-0.2, -0.15) is 0 Å². The molecule has 0 amide bonds. The number of rotatable bonds is 0. The number of esters is 4. The zero-order valence-corrected chi connectivity index (χ0v) is 18.5. The van der Waals surface area contributed by atoms with Crippen LogP contribution in [0.1, 0.15) is 64.9 Å². The fourth-order valence-electron chi connectivity index (χ4n) is 2.07. The van der Waals surface area contributed by atoms with Gasteiger partial charge in [0.05, 0.1) is 22.3 Å². The number of hydrogen-bond donors (Lipinski definition) is 0. The minimum absolute atomic E-state index is 0. The summed E-state index contributed by atoms with van der Waals surface area (Å²) in [6.07, 6.45) is 0. The predicted octanol–water partition coefficient (Wildman–Crippen LogP) is 4.66. The molecule has 2 aliphatic rings. The average molecular weight is 457 g/mol. The summed E-state index contributed by atoms with van der Waals surface area (Å²) in [6, 6.07) is 13.1. The van der Waals surface area contributed by atoms with E-state index in [-0.39, 0.29) is 47.6 Å². The zero-order chi connectivity index (χ0) is 23.7. The molecule has 1 radical (unpaired) electrons. The fraction of sp³-hybridized carbons (Fsp3) is 0.100. The van der Waals surface area contributed by atoms with Gasteiger partial charge < -0.3 is 24.3 Å². The Morgan fingerprint density at radius 2 is 0.815 bits per heavy atom. The molecule has 0 atom stereocenters. The summed E-state index contributed by atoms with van der Waals surface area (Å²) in [7, 11) is 2.50. The van der Waals surface area contributed by atoms with E-state index in [0.29, 0.717) is 22.3 Å². The largest absolute Gasteiger partial charge is 0.386 e. The summed E-state index contributed by atoms with van der Waals surface area (Å²) in [5.74, 6) is -2.20. The number of ether oxygens (including phenoxy) is 2. The van der Waals surface area contributed by atoms with E-state index in [1.54, 1.807) is 48.5 Å². The van der Waals surface area contributed by atoms with Crippen molar-refractivity contribution in [1.82, 2.24) is 0 Å². The molecule has 27 heavy (non-hydrogen) atoms. The van der Waals surface area contributed by atoms with E-state index in [9.17, 15) is 19.2 Å². The van der Waals surface area contributed by atoms with Gasteiger partial charge in [0.1, 0.15) is 0 Å². The molecule has 0 unspecified atom stereocenters. The van der Waals surface area contributed by atoms with Crippen LogP contribution < -0.4 is 0 Å². The molecule has 2 heterocycles. The van der Waals surface area contributed by atoms with Crippen LogP contribution in [0.3, 0.4) is 0 Å². The van der Waals surface area contributed by atoms with Crippen molar-refractivity contribution in [3.8, 4) is 0 Å². The standard InChI is InChI=1S/2C8H4O3.2CH4.2CH3.Y.2H2/c2*9-7-5-3-1-2-4-6(5)8(10)11-7;;;;;;;/h2*1-4H;2*1H4;2*1H3;;2*1H/q;;;;2*-1;;;/i;;2*1D;;;;2*1+1D. The molecule has 0 saturated heterocycles. The van der Waals surface area contributed by atoms with Crippen molar-refractivity contribution in [1.29, 1.82) is 0 Å². The molecule has 0 spiro atoms. The van der Waals surface area contributed by atoms with Gasteiger partial charge in [-0.15, -0.1) is 0 Å². The zero-order valence-electron chi connectivity index (χ0n) is 21.6. The Kier molecular flexibility index (Phi) is 9.59.